The summed E-state index contributed by atoms with van der Waals surface area (Å²) in [6.07, 6.45) is 2.26. The Balaban J connectivity index is 1.92. The molecule has 1 aliphatic heterocycles. The molecule has 0 radical (unpaired) electrons. The van der Waals surface area contributed by atoms with Crippen LogP contribution in [0.15, 0.2) is 35.1 Å². The van der Waals surface area contributed by atoms with Crippen LogP contribution in [0.3, 0.4) is 0 Å². The second kappa shape index (κ2) is 5.09. The Hall–Kier alpha value is -2.14. The number of amides is 1. The summed E-state index contributed by atoms with van der Waals surface area (Å²) in [6, 6.07) is 7.94. The van der Waals surface area contributed by atoms with Gasteiger partial charge in [0.05, 0.1) is 0 Å². The van der Waals surface area contributed by atoms with Crippen LogP contribution in [0.25, 0.3) is 11.3 Å². The lowest BCUT2D eigenvalue weighted by Crippen LogP contribution is -2.31. The van der Waals surface area contributed by atoms with Crippen LogP contribution in [0.4, 0.5) is 0 Å². The van der Waals surface area contributed by atoms with Crippen LogP contribution < -0.4 is 5.73 Å². The van der Waals surface area contributed by atoms with Gasteiger partial charge in [0.15, 0.2) is 0 Å². The fourth-order valence-electron chi connectivity index (χ4n) is 2.53. The van der Waals surface area contributed by atoms with E-state index >= 15 is 0 Å². The number of hydrogen-bond donors (Lipinski definition) is 1. The number of aromatic nitrogens is 1. The molecule has 2 heterocycles. The number of rotatable bonds is 2. The molecule has 20 heavy (non-hydrogen) atoms. The predicted octanol–water partition coefficient (Wildman–Crippen LogP) is 1.82. The Morgan fingerprint density at radius 3 is 3.05 bits per heavy atom. The topological polar surface area (TPSA) is 72.4 Å². The molecule has 1 aromatic heterocycles. The molecule has 0 saturated carbocycles. The Labute approximate surface area is 117 Å². The van der Waals surface area contributed by atoms with E-state index in [9.17, 15) is 4.79 Å². The van der Waals surface area contributed by atoms with Gasteiger partial charge in [0.25, 0.3) is 5.91 Å². The molecule has 1 atom stereocenters. The van der Waals surface area contributed by atoms with Crippen LogP contribution in [0, 0.1) is 6.92 Å². The monoisotopic (exact) mass is 271 g/mol. The summed E-state index contributed by atoms with van der Waals surface area (Å²) in [5.74, 6) is -0.0595. The fourth-order valence-corrected chi connectivity index (χ4v) is 2.53. The molecule has 2 aromatic rings. The molecule has 1 fully saturated rings. The number of benzene rings is 1. The number of nitrogens with zero attached hydrogens (tertiary/aromatic N) is 2. The zero-order valence-electron chi connectivity index (χ0n) is 11.4. The van der Waals surface area contributed by atoms with Crippen molar-refractivity contribution in [3.05, 3.63) is 41.7 Å². The first-order valence-electron chi connectivity index (χ1n) is 6.71. The summed E-state index contributed by atoms with van der Waals surface area (Å²) < 4.78 is 5.02. The highest BCUT2D eigenvalue weighted by Crippen LogP contribution is 2.25. The molecular weight excluding hydrogens is 254 g/mol. The maximum Gasteiger partial charge on any atom is 0.259 e. The average Bonchev–Trinajstić information content (AvgIpc) is 3.06. The van der Waals surface area contributed by atoms with Gasteiger partial charge in [-0.1, -0.05) is 28.9 Å². The van der Waals surface area contributed by atoms with E-state index in [4.69, 9.17) is 10.3 Å². The zero-order chi connectivity index (χ0) is 14.1. The van der Waals surface area contributed by atoms with Crippen LogP contribution in [-0.2, 0) is 0 Å². The highest BCUT2D eigenvalue weighted by atomic mass is 16.5. The second-order valence-electron chi connectivity index (χ2n) is 5.25. The average molecular weight is 271 g/mol. The number of carbonyl (C=O) groups is 1. The highest BCUT2D eigenvalue weighted by molar-refractivity contribution is 5.99. The number of aryl methyl sites for hydroxylation is 1. The molecule has 1 aliphatic rings. The van der Waals surface area contributed by atoms with Crippen LogP contribution >= 0.6 is 0 Å². The van der Waals surface area contributed by atoms with Gasteiger partial charge in [-0.05, 0) is 19.4 Å². The predicted molar refractivity (Wildman–Crippen MR) is 75.2 cm³/mol. The molecule has 5 nitrogen and oxygen atoms in total. The minimum Gasteiger partial charge on any atom is -0.363 e. The molecule has 1 amide bonds. The van der Waals surface area contributed by atoms with E-state index in [2.05, 4.69) is 5.16 Å². The Morgan fingerprint density at radius 2 is 2.35 bits per heavy atom. The van der Waals surface area contributed by atoms with Crippen molar-refractivity contribution in [2.45, 2.75) is 19.4 Å². The van der Waals surface area contributed by atoms with E-state index in [0.717, 1.165) is 17.5 Å². The van der Waals surface area contributed by atoms with E-state index in [1.165, 1.54) is 6.26 Å². The van der Waals surface area contributed by atoms with Crippen molar-refractivity contribution in [2.24, 2.45) is 5.73 Å². The number of hydrogen-bond acceptors (Lipinski definition) is 4. The zero-order valence-corrected chi connectivity index (χ0v) is 11.4. The van der Waals surface area contributed by atoms with E-state index in [-0.39, 0.29) is 11.9 Å². The first-order chi connectivity index (χ1) is 9.65. The summed E-state index contributed by atoms with van der Waals surface area (Å²) in [7, 11) is 0. The van der Waals surface area contributed by atoms with Gasteiger partial charge >= 0.3 is 0 Å². The minimum absolute atomic E-state index is 0.0595. The smallest absolute Gasteiger partial charge is 0.259 e. The third-order valence-corrected chi connectivity index (χ3v) is 3.60. The Kier molecular flexibility index (Phi) is 3.28. The van der Waals surface area contributed by atoms with Gasteiger partial charge in [-0.3, -0.25) is 4.79 Å². The maximum atomic E-state index is 12.5. The number of likely N-dealkylation sites (tertiary alicyclic amines) is 1. The van der Waals surface area contributed by atoms with E-state index in [0.29, 0.717) is 24.3 Å². The van der Waals surface area contributed by atoms with Gasteiger partial charge in [-0.2, -0.15) is 0 Å². The van der Waals surface area contributed by atoms with Gasteiger partial charge in [-0.25, -0.2) is 0 Å². The van der Waals surface area contributed by atoms with Crippen LogP contribution in [-0.4, -0.2) is 35.1 Å². The van der Waals surface area contributed by atoms with Gasteiger partial charge < -0.3 is 15.2 Å². The minimum atomic E-state index is -0.0595. The van der Waals surface area contributed by atoms with Gasteiger partial charge in [0, 0.05) is 24.7 Å². The molecule has 3 rings (SSSR count). The molecule has 0 spiro atoms. The summed E-state index contributed by atoms with van der Waals surface area (Å²) in [6.45, 7) is 3.29. The first-order valence-corrected chi connectivity index (χ1v) is 6.71. The SMILES string of the molecule is Cc1cccc(-c2nocc2C(=O)N2CCC(N)C2)c1. The molecule has 104 valence electrons. The molecular formula is C15H17N3O2. The van der Waals surface area contributed by atoms with E-state index in [1.807, 2.05) is 31.2 Å². The fraction of sp³-hybridized carbons (Fsp3) is 0.333. The van der Waals surface area contributed by atoms with Crippen LogP contribution in [0.2, 0.25) is 0 Å². The third kappa shape index (κ3) is 2.32. The molecule has 1 saturated heterocycles. The quantitative estimate of drug-likeness (QED) is 0.904. The molecule has 1 aromatic carbocycles. The summed E-state index contributed by atoms with van der Waals surface area (Å²) in [4.78, 5) is 14.3. The molecule has 0 aliphatic carbocycles. The van der Waals surface area contributed by atoms with Crippen molar-refractivity contribution in [3.8, 4) is 11.3 Å². The standard InChI is InChI=1S/C15H17N3O2/c1-10-3-2-4-11(7-10)14-13(9-20-17-14)15(19)18-6-5-12(16)8-18/h2-4,7,9,12H,5-6,8,16H2,1H3. The summed E-state index contributed by atoms with van der Waals surface area (Å²) in [5.41, 5.74) is 8.96. The number of nitrogens with two attached hydrogens (primary N) is 1. The lowest BCUT2D eigenvalue weighted by Gasteiger charge is -2.15. The van der Waals surface area contributed by atoms with Crippen molar-refractivity contribution >= 4 is 5.91 Å². The second-order valence-corrected chi connectivity index (χ2v) is 5.25. The van der Waals surface area contributed by atoms with Crippen molar-refractivity contribution in [2.75, 3.05) is 13.1 Å². The van der Waals surface area contributed by atoms with E-state index in [1.54, 1.807) is 4.90 Å². The first kappa shape index (κ1) is 12.9. The van der Waals surface area contributed by atoms with Crippen molar-refractivity contribution in [1.29, 1.82) is 0 Å². The lowest BCUT2D eigenvalue weighted by molar-refractivity contribution is 0.0791. The highest BCUT2D eigenvalue weighted by Gasteiger charge is 2.28. The van der Waals surface area contributed by atoms with Gasteiger partial charge in [-0.15, -0.1) is 0 Å². The molecule has 5 heteroatoms. The van der Waals surface area contributed by atoms with E-state index < -0.39 is 0 Å². The summed E-state index contributed by atoms with van der Waals surface area (Å²) >= 11 is 0. The third-order valence-electron chi connectivity index (χ3n) is 3.60. The van der Waals surface area contributed by atoms with Crippen molar-refractivity contribution in [3.63, 3.8) is 0 Å². The van der Waals surface area contributed by atoms with Crippen LogP contribution in [0.1, 0.15) is 22.3 Å². The van der Waals surface area contributed by atoms with Gasteiger partial charge in [0.1, 0.15) is 17.5 Å². The van der Waals surface area contributed by atoms with Crippen molar-refractivity contribution in [1.82, 2.24) is 10.1 Å². The normalized spacial score (nSPS) is 18.5. The van der Waals surface area contributed by atoms with Gasteiger partial charge in [0.2, 0.25) is 0 Å². The lowest BCUT2D eigenvalue weighted by atomic mass is 10.1. The maximum absolute atomic E-state index is 12.5. The van der Waals surface area contributed by atoms with Crippen molar-refractivity contribution < 1.29 is 9.32 Å². The summed E-state index contributed by atoms with van der Waals surface area (Å²) in [5, 5.41) is 3.99. The Bertz CT molecular complexity index is 636. The number of carbonyl (C=O) groups excluding carboxylic acids is 1. The molecule has 2 N–H and O–H groups in total. The molecule has 0 bridgehead atoms. The van der Waals surface area contributed by atoms with Crippen LogP contribution in [0.5, 0.6) is 0 Å². The Morgan fingerprint density at radius 1 is 1.50 bits per heavy atom. The largest absolute Gasteiger partial charge is 0.363 e. The molecule has 1 unspecified atom stereocenters.